The molecule has 0 saturated heterocycles. The molecule has 0 spiro atoms. The molecular weight excluding hydrogens is 293 g/mol. The number of aromatic hydroxyl groups is 1. The molecular formula is C16H17Cl2NO. The third-order valence-corrected chi connectivity index (χ3v) is 4.20. The summed E-state index contributed by atoms with van der Waals surface area (Å²) in [7, 11) is 0. The lowest BCUT2D eigenvalue weighted by Crippen LogP contribution is -2.08. The SMILES string of the molecule is Cc1cc(NC(C)c2cccc(Cl)c2Cl)c(C)cc1O. The van der Waals surface area contributed by atoms with Gasteiger partial charge in [0.2, 0.25) is 0 Å². The van der Waals surface area contributed by atoms with Crippen molar-refractivity contribution in [1.82, 2.24) is 0 Å². The monoisotopic (exact) mass is 309 g/mol. The molecule has 0 aliphatic heterocycles. The van der Waals surface area contributed by atoms with Gasteiger partial charge in [-0.15, -0.1) is 0 Å². The summed E-state index contributed by atoms with van der Waals surface area (Å²) in [6.07, 6.45) is 0. The molecule has 0 aliphatic rings. The molecule has 2 aromatic rings. The Morgan fingerprint density at radius 2 is 1.80 bits per heavy atom. The van der Waals surface area contributed by atoms with Gasteiger partial charge in [-0.2, -0.15) is 0 Å². The Balaban J connectivity index is 2.30. The van der Waals surface area contributed by atoms with Crippen LogP contribution in [0.15, 0.2) is 30.3 Å². The third kappa shape index (κ3) is 3.02. The number of hydrogen-bond acceptors (Lipinski definition) is 2. The van der Waals surface area contributed by atoms with Crippen LogP contribution in [-0.4, -0.2) is 5.11 Å². The molecule has 2 nitrogen and oxygen atoms in total. The predicted octanol–water partition coefficient (Wildman–Crippen LogP) is 5.49. The predicted molar refractivity (Wildman–Crippen MR) is 86.1 cm³/mol. The van der Waals surface area contributed by atoms with Crippen LogP contribution in [0, 0.1) is 13.8 Å². The highest BCUT2D eigenvalue weighted by atomic mass is 35.5. The highest BCUT2D eigenvalue weighted by molar-refractivity contribution is 6.42. The Kier molecular flexibility index (Phi) is 4.46. The van der Waals surface area contributed by atoms with Gasteiger partial charge in [-0.1, -0.05) is 35.3 Å². The van der Waals surface area contributed by atoms with Crippen LogP contribution < -0.4 is 5.32 Å². The van der Waals surface area contributed by atoms with Crippen LogP contribution in [0.3, 0.4) is 0 Å². The van der Waals surface area contributed by atoms with Gasteiger partial charge in [0.1, 0.15) is 5.75 Å². The number of aryl methyl sites for hydroxylation is 2. The standard InChI is InChI=1S/C16H17Cl2NO/c1-9-8-15(20)10(2)7-14(9)19-11(3)12-5-4-6-13(17)16(12)18/h4-8,11,19-20H,1-3H3. The maximum absolute atomic E-state index is 9.69. The second kappa shape index (κ2) is 5.94. The number of halogens is 2. The molecule has 1 unspecified atom stereocenters. The lowest BCUT2D eigenvalue weighted by Gasteiger charge is -2.20. The van der Waals surface area contributed by atoms with Gasteiger partial charge in [0.05, 0.1) is 16.1 Å². The molecule has 0 fully saturated rings. The van der Waals surface area contributed by atoms with E-state index in [1.807, 2.05) is 39.0 Å². The minimum absolute atomic E-state index is 0.0174. The van der Waals surface area contributed by atoms with E-state index in [1.165, 1.54) is 0 Å². The van der Waals surface area contributed by atoms with E-state index in [9.17, 15) is 5.11 Å². The molecule has 2 aromatic carbocycles. The minimum atomic E-state index is 0.0174. The summed E-state index contributed by atoms with van der Waals surface area (Å²) in [4.78, 5) is 0. The van der Waals surface area contributed by atoms with Gasteiger partial charge in [0, 0.05) is 5.69 Å². The van der Waals surface area contributed by atoms with E-state index in [-0.39, 0.29) is 6.04 Å². The van der Waals surface area contributed by atoms with Crippen molar-refractivity contribution < 1.29 is 5.11 Å². The molecule has 0 heterocycles. The van der Waals surface area contributed by atoms with Gasteiger partial charge in [0.15, 0.2) is 0 Å². The van der Waals surface area contributed by atoms with Crippen LogP contribution in [0.25, 0.3) is 0 Å². The van der Waals surface area contributed by atoms with Gasteiger partial charge >= 0.3 is 0 Å². The van der Waals surface area contributed by atoms with Gasteiger partial charge in [-0.3, -0.25) is 0 Å². The smallest absolute Gasteiger partial charge is 0.118 e. The minimum Gasteiger partial charge on any atom is -0.508 e. The molecule has 20 heavy (non-hydrogen) atoms. The zero-order valence-corrected chi connectivity index (χ0v) is 13.2. The highest BCUT2D eigenvalue weighted by Crippen LogP contribution is 2.33. The summed E-state index contributed by atoms with van der Waals surface area (Å²) < 4.78 is 0. The van der Waals surface area contributed by atoms with Crippen LogP contribution in [0.2, 0.25) is 10.0 Å². The number of nitrogens with one attached hydrogen (secondary N) is 1. The molecule has 2 N–H and O–H groups in total. The summed E-state index contributed by atoms with van der Waals surface area (Å²) in [6, 6.07) is 9.31. The second-order valence-electron chi connectivity index (χ2n) is 4.96. The van der Waals surface area contributed by atoms with Crippen molar-refractivity contribution in [1.29, 1.82) is 0 Å². The first-order valence-corrected chi connectivity index (χ1v) is 7.16. The summed E-state index contributed by atoms with van der Waals surface area (Å²) in [5.41, 5.74) is 3.74. The first-order chi connectivity index (χ1) is 9.40. The average Bonchev–Trinajstić information content (AvgIpc) is 2.39. The van der Waals surface area contributed by atoms with Crippen molar-refractivity contribution in [3.05, 3.63) is 57.1 Å². The largest absolute Gasteiger partial charge is 0.508 e. The summed E-state index contributed by atoms with van der Waals surface area (Å²) in [6.45, 7) is 5.85. The van der Waals surface area contributed by atoms with Crippen LogP contribution in [0.4, 0.5) is 5.69 Å². The average molecular weight is 310 g/mol. The lowest BCUT2D eigenvalue weighted by atomic mass is 10.1. The van der Waals surface area contributed by atoms with Gasteiger partial charge < -0.3 is 10.4 Å². The normalized spacial score (nSPS) is 12.2. The summed E-state index contributed by atoms with van der Waals surface area (Å²) in [5.74, 6) is 0.307. The van der Waals surface area contributed by atoms with Crippen molar-refractivity contribution in [3.63, 3.8) is 0 Å². The topological polar surface area (TPSA) is 32.3 Å². The molecule has 0 amide bonds. The molecule has 1 atom stereocenters. The molecule has 2 rings (SSSR count). The summed E-state index contributed by atoms with van der Waals surface area (Å²) in [5, 5.41) is 14.2. The van der Waals surface area contributed by atoms with Gasteiger partial charge in [0.25, 0.3) is 0 Å². The molecule has 0 saturated carbocycles. The Morgan fingerprint density at radius 1 is 1.10 bits per heavy atom. The first kappa shape index (κ1) is 15.0. The van der Waals surface area contributed by atoms with E-state index in [0.29, 0.717) is 15.8 Å². The van der Waals surface area contributed by atoms with Crippen LogP contribution >= 0.6 is 23.2 Å². The Labute approximate surface area is 129 Å². The van der Waals surface area contributed by atoms with Crippen LogP contribution in [0.5, 0.6) is 5.75 Å². The Morgan fingerprint density at radius 3 is 2.50 bits per heavy atom. The number of phenolic OH excluding ortho intramolecular Hbond substituents is 1. The molecule has 0 aromatic heterocycles. The molecule has 0 radical (unpaired) electrons. The van der Waals surface area contributed by atoms with Crippen molar-refractivity contribution >= 4 is 28.9 Å². The fourth-order valence-electron chi connectivity index (χ4n) is 2.12. The fraction of sp³-hybridized carbons (Fsp3) is 0.250. The van der Waals surface area contributed by atoms with Crippen LogP contribution in [-0.2, 0) is 0 Å². The number of hydrogen-bond donors (Lipinski definition) is 2. The van der Waals surface area contributed by atoms with Crippen molar-refractivity contribution in [2.45, 2.75) is 26.8 Å². The van der Waals surface area contributed by atoms with E-state index in [1.54, 1.807) is 12.1 Å². The van der Waals surface area contributed by atoms with Crippen molar-refractivity contribution in [2.24, 2.45) is 0 Å². The van der Waals surface area contributed by atoms with E-state index in [0.717, 1.165) is 22.4 Å². The number of benzene rings is 2. The second-order valence-corrected chi connectivity index (χ2v) is 5.75. The fourth-order valence-corrected chi connectivity index (χ4v) is 2.59. The van der Waals surface area contributed by atoms with Crippen molar-refractivity contribution in [3.8, 4) is 5.75 Å². The summed E-state index contributed by atoms with van der Waals surface area (Å²) >= 11 is 12.3. The zero-order chi connectivity index (χ0) is 14.9. The van der Waals surface area contributed by atoms with Gasteiger partial charge in [-0.25, -0.2) is 0 Å². The third-order valence-electron chi connectivity index (χ3n) is 3.36. The van der Waals surface area contributed by atoms with E-state index >= 15 is 0 Å². The first-order valence-electron chi connectivity index (χ1n) is 6.40. The number of anilines is 1. The lowest BCUT2D eigenvalue weighted by molar-refractivity contribution is 0.470. The molecule has 0 bridgehead atoms. The quantitative estimate of drug-likeness (QED) is 0.735. The van der Waals surface area contributed by atoms with Crippen molar-refractivity contribution in [2.75, 3.05) is 5.32 Å². The van der Waals surface area contributed by atoms with E-state index in [4.69, 9.17) is 23.2 Å². The Hall–Kier alpha value is -1.38. The Bertz CT molecular complexity index is 641. The zero-order valence-electron chi connectivity index (χ0n) is 11.7. The number of phenols is 1. The molecule has 106 valence electrons. The maximum Gasteiger partial charge on any atom is 0.118 e. The van der Waals surface area contributed by atoms with Gasteiger partial charge in [-0.05, 0) is 55.7 Å². The van der Waals surface area contributed by atoms with E-state index < -0.39 is 0 Å². The molecule has 4 heteroatoms. The molecule has 0 aliphatic carbocycles. The number of rotatable bonds is 3. The maximum atomic E-state index is 9.69. The highest BCUT2D eigenvalue weighted by Gasteiger charge is 2.13. The van der Waals surface area contributed by atoms with Crippen LogP contribution in [0.1, 0.15) is 29.7 Å². The van der Waals surface area contributed by atoms with E-state index in [2.05, 4.69) is 5.32 Å².